The molecule has 1 aromatic heterocycles. The summed E-state index contributed by atoms with van der Waals surface area (Å²) >= 11 is 0. The van der Waals surface area contributed by atoms with Crippen LogP contribution in [0.1, 0.15) is 29.5 Å². The van der Waals surface area contributed by atoms with Crippen molar-refractivity contribution >= 4 is 10.9 Å². The number of quaternary nitrogens is 1. The second-order valence-electron chi connectivity index (χ2n) is 6.03. The summed E-state index contributed by atoms with van der Waals surface area (Å²) in [4.78, 5) is 15.2. The van der Waals surface area contributed by atoms with Crippen molar-refractivity contribution in [2.45, 2.75) is 39.3 Å². The van der Waals surface area contributed by atoms with Gasteiger partial charge in [0.05, 0.1) is 11.1 Å². The van der Waals surface area contributed by atoms with E-state index in [1.165, 1.54) is 5.56 Å². The molecular weight excluding hydrogens is 264 g/mol. The summed E-state index contributed by atoms with van der Waals surface area (Å²) in [6.07, 6.45) is 2.66. The minimum Gasteiger partial charge on any atom is -0.372 e. The predicted molar refractivity (Wildman–Crippen MR) is 83.5 cm³/mol. The molecule has 0 spiro atoms. The zero-order valence-electron chi connectivity index (χ0n) is 12.7. The summed E-state index contributed by atoms with van der Waals surface area (Å²) < 4.78 is 5.61. The number of H-pyrrole nitrogens is 1. The summed E-state index contributed by atoms with van der Waals surface area (Å²) in [6, 6.07) is 6.25. The van der Waals surface area contributed by atoms with Gasteiger partial charge in [0.2, 0.25) is 0 Å². The lowest BCUT2D eigenvalue weighted by Gasteiger charge is -2.09. The van der Waals surface area contributed by atoms with Gasteiger partial charge < -0.3 is 15.0 Å². The number of hydrogen-bond donors (Lipinski definition) is 2. The molecule has 0 aliphatic carbocycles. The Labute approximate surface area is 124 Å². The van der Waals surface area contributed by atoms with Crippen LogP contribution < -0.4 is 10.9 Å². The van der Waals surface area contributed by atoms with Crippen molar-refractivity contribution < 1.29 is 10.1 Å². The van der Waals surface area contributed by atoms with Crippen molar-refractivity contribution in [3.63, 3.8) is 0 Å². The number of benzene rings is 1. The number of fused-ring (bicyclic) bond motifs is 1. The van der Waals surface area contributed by atoms with Crippen LogP contribution in [0, 0.1) is 13.8 Å². The van der Waals surface area contributed by atoms with E-state index >= 15 is 0 Å². The lowest BCUT2D eigenvalue weighted by atomic mass is 10.1. The molecule has 1 atom stereocenters. The normalized spacial score (nSPS) is 18.5. The van der Waals surface area contributed by atoms with E-state index in [9.17, 15) is 4.79 Å². The summed E-state index contributed by atoms with van der Waals surface area (Å²) in [5, 5.41) is 3.29. The third-order valence-electron chi connectivity index (χ3n) is 4.19. The van der Waals surface area contributed by atoms with Crippen LogP contribution in [0.3, 0.4) is 0 Å². The Morgan fingerprint density at radius 3 is 2.95 bits per heavy atom. The maximum Gasteiger partial charge on any atom is 0.257 e. The van der Waals surface area contributed by atoms with E-state index in [-0.39, 0.29) is 5.56 Å². The van der Waals surface area contributed by atoms with Gasteiger partial charge >= 0.3 is 0 Å². The SMILES string of the molecule is Cc1cc(C)c2[nH]c(=O)c(C[NH2+]C[C@H]3CCCO3)cc2c1. The Hall–Kier alpha value is -1.65. The molecule has 0 saturated carbocycles. The minimum absolute atomic E-state index is 0.0260. The van der Waals surface area contributed by atoms with Crippen LogP contribution in [-0.2, 0) is 11.3 Å². The van der Waals surface area contributed by atoms with Gasteiger partial charge in [-0.25, -0.2) is 0 Å². The molecule has 2 heterocycles. The Bertz CT molecular complexity index is 700. The van der Waals surface area contributed by atoms with Gasteiger partial charge in [0.15, 0.2) is 0 Å². The van der Waals surface area contributed by atoms with E-state index in [1.54, 1.807) is 0 Å². The largest absolute Gasteiger partial charge is 0.372 e. The van der Waals surface area contributed by atoms with Gasteiger partial charge in [0, 0.05) is 6.61 Å². The quantitative estimate of drug-likeness (QED) is 0.892. The molecule has 3 N–H and O–H groups in total. The lowest BCUT2D eigenvalue weighted by Crippen LogP contribution is -2.85. The second-order valence-corrected chi connectivity index (χ2v) is 6.03. The van der Waals surface area contributed by atoms with Crippen LogP contribution >= 0.6 is 0 Å². The maximum absolute atomic E-state index is 12.2. The topological polar surface area (TPSA) is 58.7 Å². The molecule has 1 aromatic carbocycles. The van der Waals surface area contributed by atoms with Crippen LogP contribution in [0.5, 0.6) is 0 Å². The molecular formula is C17H23N2O2+. The van der Waals surface area contributed by atoms with Gasteiger partial charge in [-0.2, -0.15) is 0 Å². The molecule has 4 nitrogen and oxygen atoms in total. The fraction of sp³-hybridized carbons (Fsp3) is 0.471. The Morgan fingerprint density at radius 1 is 1.33 bits per heavy atom. The Kier molecular flexibility index (Phi) is 4.08. The van der Waals surface area contributed by atoms with Crippen LogP contribution in [0.2, 0.25) is 0 Å². The molecule has 0 amide bonds. The molecule has 4 heteroatoms. The highest BCUT2D eigenvalue weighted by molar-refractivity contribution is 5.82. The van der Waals surface area contributed by atoms with Crippen molar-refractivity contribution in [3.8, 4) is 0 Å². The van der Waals surface area contributed by atoms with Gasteiger partial charge in [0.25, 0.3) is 5.56 Å². The summed E-state index contributed by atoms with van der Waals surface area (Å²) in [7, 11) is 0. The monoisotopic (exact) mass is 287 g/mol. The van der Waals surface area contributed by atoms with Crippen LogP contribution in [-0.4, -0.2) is 24.2 Å². The van der Waals surface area contributed by atoms with E-state index in [1.807, 2.05) is 13.0 Å². The number of aromatic nitrogens is 1. The number of rotatable bonds is 4. The maximum atomic E-state index is 12.2. The predicted octanol–water partition coefficient (Wildman–Crippen LogP) is 1.39. The number of aryl methyl sites for hydroxylation is 2. The van der Waals surface area contributed by atoms with Crippen molar-refractivity contribution in [1.29, 1.82) is 0 Å². The molecule has 0 unspecified atom stereocenters. The molecule has 3 rings (SSSR count). The van der Waals surface area contributed by atoms with Gasteiger partial charge in [-0.05, 0) is 49.8 Å². The van der Waals surface area contributed by atoms with Crippen LogP contribution in [0.15, 0.2) is 23.0 Å². The first kappa shape index (κ1) is 14.3. The number of pyridine rings is 1. The number of ether oxygens (including phenoxy) is 1. The molecule has 21 heavy (non-hydrogen) atoms. The Balaban J connectivity index is 1.78. The molecule has 2 aromatic rings. The van der Waals surface area contributed by atoms with Crippen molar-refractivity contribution in [2.24, 2.45) is 0 Å². The number of hydrogen-bond acceptors (Lipinski definition) is 2. The highest BCUT2D eigenvalue weighted by Crippen LogP contribution is 2.17. The van der Waals surface area contributed by atoms with E-state index in [0.29, 0.717) is 12.6 Å². The molecule has 0 bridgehead atoms. The van der Waals surface area contributed by atoms with Crippen molar-refractivity contribution in [1.82, 2.24) is 4.98 Å². The first-order chi connectivity index (χ1) is 10.1. The average Bonchev–Trinajstić information content (AvgIpc) is 2.93. The van der Waals surface area contributed by atoms with Crippen molar-refractivity contribution in [3.05, 3.63) is 45.2 Å². The highest BCUT2D eigenvalue weighted by Gasteiger charge is 2.17. The Morgan fingerprint density at radius 2 is 2.19 bits per heavy atom. The fourth-order valence-corrected chi connectivity index (χ4v) is 3.14. The third-order valence-corrected chi connectivity index (χ3v) is 4.19. The summed E-state index contributed by atoms with van der Waals surface area (Å²) in [6.45, 7) is 6.64. The first-order valence-corrected chi connectivity index (χ1v) is 7.70. The van der Waals surface area contributed by atoms with E-state index in [4.69, 9.17) is 4.74 Å². The zero-order chi connectivity index (χ0) is 14.8. The number of nitrogens with one attached hydrogen (secondary N) is 1. The number of aromatic amines is 1. The molecule has 112 valence electrons. The minimum atomic E-state index is 0.0260. The van der Waals surface area contributed by atoms with Crippen LogP contribution in [0.25, 0.3) is 10.9 Å². The molecule has 1 aliphatic heterocycles. The summed E-state index contributed by atoms with van der Waals surface area (Å²) in [5.41, 5.74) is 4.16. The van der Waals surface area contributed by atoms with E-state index in [2.05, 4.69) is 29.4 Å². The van der Waals surface area contributed by atoms with Gasteiger partial charge in [-0.1, -0.05) is 11.6 Å². The average molecular weight is 287 g/mol. The van der Waals surface area contributed by atoms with Gasteiger partial charge in [-0.15, -0.1) is 0 Å². The zero-order valence-corrected chi connectivity index (χ0v) is 12.7. The lowest BCUT2D eigenvalue weighted by molar-refractivity contribution is -0.676. The van der Waals surface area contributed by atoms with Crippen molar-refractivity contribution in [2.75, 3.05) is 13.2 Å². The molecule has 0 radical (unpaired) electrons. The van der Waals surface area contributed by atoms with E-state index < -0.39 is 0 Å². The van der Waals surface area contributed by atoms with Gasteiger partial charge in [0.1, 0.15) is 19.2 Å². The molecule has 1 fully saturated rings. The smallest absolute Gasteiger partial charge is 0.257 e. The third kappa shape index (κ3) is 3.17. The second kappa shape index (κ2) is 6.00. The molecule has 1 aliphatic rings. The summed E-state index contributed by atoms with van der Waals surface area (Å²) in [5.74, 6) is 0. The standard InChI is InChI=1S/C17H22N2O2/c1-11-6-12(2)16-13(7-11)8-14(17(20)19-16)9-18-10-15-4-3-5-21-15/h6-8,15,18H,3-5,9-10H2,1-2H3,(H,19,20)/p+1/t15-/m1/s1. The fourth-order valence-electron chi connectivity index (χ4n) is 3.14. The first-order valence-electron chi connectivity index (χ1n) is 7.70. The van der Waals surface area contributed by atoms with Gasteiger partial charge in [-0.3, -0.25) is 4.79 Å². The molecule has 1 saturated heterocycles. The number of nitrogens with two attached hydrogens (primary N) is 1. The highest BCUT2D eigenvalue weighted by atomic mass is 16.5. The van der Waals surface area contributed by atoms with Crippen LogP contribution in [0.4, 0.5) is 0 Å². The van der Waals surface area contributed by atoms with E-state index in [0.717, 1.165) is 48.0 Å².